The number of hydrogen-bond acceptors (Lipinski definition) is 4. The van der Waals surface area contributed by atoms with Crippen molar-refractivity contribution in [3.63, 3.8) is 0 Å². The number of ether oxygens (including phenoxy) is 1. The van der Waals surface area contributed by atoms with Gasteiger partial charge in [0.05, 0.1) is 23.8 Å². The summed E-state index contributed by atoms with van der Waals surface area (Å²) in [5.74, 6) is 4.58. The van der Waals surface area contributed by atoms with Crippen molar-refractivity contribution >= 4 is 29.0 Å². The maximum absolute atomic E-state index is 14.9. The molecule has 6 nitrogen and oxygen atoms in total. The van der Waals surface area contributed by atoms with Crippen LogP contribution >= 0.6 is 0 Å². The van der Waals surface area contributed by atoms with E-state index >= 15 is 0 Å². The molecule has 178 valence electrons. The van der Waals surface area contributed by atoms with Gasteiger partial charge in [-0.3, -0.25) is 4.79 Å². The van der Waals surface area contributed by atoms with Gasteiger partial charge in [-0.1, -0.05) is 6.07 Å². The second-order valence-electron chi connectivity index (χ2n) is 8.84. The van der Waals surface area contributed by atoms with Gasteiger partial charge in [-0.2, -0.15) is 13.2 Å². The summed E-state index contributed by atoms with van der Waals surface area (Å²) < 4.78 is 60.6. The van der Waals surface area contributed by atoms with Crippen molar-refractivity contribution in [1.29, 1.82) is 0 Å². The normalized spacial score (nSPS) is 19.1. The van der Waals surface area contributed by atoms with Gasteiger partial charge < -0.3 is 19.5 Å². The zero-order valence-electron chi connectivity index (χ0n) is 18.5. The number of rotatable bonds is 3. The van der Waals surface area contributed by atoms with Crippen molar-refractivity contribution in [2.75, 3.05) is 18.4 Å². The van der Waals surface area contributed by atoms with Gasteiger partial charge in [0, 0.05) is 17.6 Å². The predicted molar refractivity (Wildman–Crippen MR) is 116 cm³/mol. The van der Waals surface area contributed by atoms with Crippen LogP contribution in [0.4, 0.5) is 28.0 Å². The third-order valence-corrected chi connectivity index (χ3v) is 5.08. The van der Waals surface area contributed by atoms with Crippen LogP contribution in [0.1, 0.15) is 32.9 Å². The fourth-order valence-corrected chi connectivity index (χ4v) is 3.73. The van der Waals surface area contributed by atoms with Gasteiger partial charge in [-0.05, 0) is 57.2 Å². The quantitative estimate of drug-likeness (QED) is 0.410. The number of fused-ring (bicyclic) bond motifs is 1. The lowest BCUT2D eigenvalue weighted by Gasteiger charge is -2.36. The van der Waals surface area contributed by atoms with E-state index in [0.29, 0.717) is 17.4 Å². The van der Waals surface area contributed by atoms with Gasteiger partial charge in [-0.15, -0.1) is 0 Å². The van der Waals surface area contributed by atoms with Crippen LogP contribution in [0.25, 0.3) is 10.9 Å². The van der Waals surface area contributed by atoms with E-state index in [2.05, 4.69) is 17.2 Å². The highest BCUT2D eigenvalue weighted by atomic mass is 19.4. The molecule has 2 atom stereocenters. The highest BCUT2D eigenvalue weighted by molar-refractivity contribution is 5.94. The minimum absolute atomic E-state index is 0.0280. The van der Waals surface area contributed by atoms with E-state index in [-0.39, 0.29) is 30.7 Å². The first-order chi connectivity index (χ1) is 15.4. The minimum Gasteiger partial charge on any atom is -0.444 e. The first-order valence-corrected chi connectivity index (χ1v) is 10.4. The van der Waals surface area contributed by atoms with E-state index < -0.39 is 36.6 Å². The number of hydrogen-bond donors (Lipinski definition) is 1. The van der Waals surface area contributed by atoms with Crippen LogP contribution in [0.5, 0.6) is 0 Å². The molecule has 1 fully saturated rings. The van der Waals surface area contributed by atoms with Crippen LogP contribution in [0.3, 0.4) is 0 Å². The van der Waals surface area contributed by atoms with Gasteiger partial charge in [0.15, 0.2) is 6.29 Å². The van der Waals surface area contributed by atoms with Crippen LogP contribution in [-0.2, 0) is 16.1 Å². The molecule has 0 radical (unpaired) electrons. The van der Waals surface area contributed by atoms with E-state index in [1.165, 1.54) is 17.0 Å². The van der Waals surface area contributed by atoms with E-state index in [4.69, 9.17) is 4.74 Å². The molecule has 0 spiro atoms. The number of aldehydes is 1. The Kier molecular flexibility index (Phi) is 6.91. The van der Waals surface area contributed by atoms with Gasteiger partial charge in [0.2, 0.25) is 0 Å². The van der Waals surface area contributed by atoms with E-state index in [1.54, 1.807) is 32.9 Å². The molecule has 0 unspecified atom stereocenters. The van der Waals surface area contributed by atoms with Gasteiger partial charge in [0.1, 0.15) is 18.3 Å². The molecule has 1 aromatic heterocycles. The SMILES string of the molecule is CC(C)(C)OC(=O)N1CC[C@@H](Nc2cccc3c2cc(C#CC=O)n3CC(F)(F)F)[C@@H](F)C1. The monoisotopic (exact) mass is 467 g/mol. The Bertz CT molecular complexity index is 1090. The Labute approximate surface area is 188 Å². The molecule has 0 saturated carbocycles. The van der Waals surface area contributed by atoms with Crippen molar-refractivity contribution < 1.29 is 31.9 Å². The van der Waals surface area contributed by atoms with Crippen molar-refractivity contribution in [3.05, 3.63) is 30.0 Å². The molecule has 1 aliphatic heterocycles. The van der Waals surface area contributed by atoms with Crippen LogP contribution in [-0.4, -0.2) is 58.9 Å². The van der Waals surface area contributed by atoms with Crippen molar-refractivity contribution in [1.82, 2.24) is 9.47 Å². The predicted octanol–water partition coefficient (Wildman–Crippen LogP) is 4.51. The molecule has 1 aromatic carbocycles. The van der Waals surface area contributed by atoms with Gasteiger partial charge in [-0.25, -0.2) is 9.18 Å². The zero-order chi connectivity index (χ0) is 24.4. The standard InChI is InChI=1S/C23H25F4N3O3/c1-22(2,3)33-21(32)29-10-9-19(17(24)13-29)28-18-7-4-8-20-16(18)12-15(6-5-11-31)30(20)14-23(25,26)27/h4,7-8,11-12,17,19,28H,9-10,13-14H2,1-3H3/t17-,19+/m0/s1. The second kappa shape index (κ2) is 9.33. The molecule has 0 aliphatic carbocycles. The van der Waals surface area contributed by atoms with Crippen LogP contribution in [0, 0.1) is 11.8 Å². The third-order valence-electron chi connectivity index (χ3n) is 5.08. The molecule has 0 bridgehead atoms. The number of anilines is 1. The smallest absolute Gasteiger partial charge is 0.410 e. The Morgan fingerprint density at radius 2 is 2.03 bits per heavy atom. The molecule has 33 heavy (non-hydrogen) atoms. The number of amides is 1. The summed E-state index contributed by atoms with van der Waals surface area (Å²) in [7, 11) is 0. The highest BCUT2D eigenvalue weighted by Gasteiger charge is 2.34. The summed E-state index contributed by atoms with van der Waals surface area (Å²) >= 11 is 0. The summed E-state index contributed by atoms with van der Waals surface area (Å²) in [4.78, 5) is 24.1. The van der Waals surface area contributed by atoms with Crippen LogP contribution in [0.2, 0.25) is 0 Å². The molecule has 3 rings (SSSR count). The molecule has 2 heterocycles. The summed E-state index contributed by atoms with van der Waals surface area (Å²) in [6.07, 6.45) is -5.90. The second-order valence-corrected chi connectivity index (χ2v) is 8.84. The topological polar surface area (TPSA) is 63.6 Å². The largest absolute Gasteiger partial charge is 0.444 e. The molecule has 10 heteroatoms. The summed E-state index contributed by atoms with van der Waals surface area (Å²) in [5.41, 5.74) is 0.0389. The van der Waals surface area contributed by atoms with E-state index in [0.717, 1.165) is 4.57 Å². The number of aromatic nitrogens is 1. The minimum atomic E-state index is -4.49. The average molecular weight is 467 g/mol. The summed E-state index contributed by atoms with van der Waals surface area (Å²) in [6.45, 7) is 4.02. The molecule has 1 aliphatic rings. The molecule has 1 saturated heterocycles. The van der Waals surface area contributed by atoms with Crippen LogP contribution in [0.15, 0.2) is 24.3 Å². The number of nitrogens with one attached hydrogen (secondary N) is 1. The fraction of sp³-hybridized carbons (Fsp3) is 0.478. The Hall–Kier alpha value is -3.22. The third kappa shape index (κ3) is 6.18. The highest BCUT2D eigenvalue weighted by Crippen LogP contribution is 2.31. The van der Waals surface area contributed by atoms with Crippen molar-refractivity contribution in [2.24, 2.45) is 0 Å². The Balaban J connectivity index is 1.84. The molecule has 1 N–H and O–H groups in total. The van der Waals surface area contributed by atoms with E-state index in [1.807, 2.05) is 0 Å². The number of piperidine rings is 1. The number of likely N-dealkylation sites (tertiary alicyclic amines) is 1. The number of benzene rings is 1. The Morgan fingerprint density at radius 3 is 2.64 bits per heavy atom. The molecule has 1 amide bonds. The number of carbonyl (C=O) groups is 2. The van der Waals surface area contributed by atoms with E-state index in [9.17, 15) is 27.2 Å². The zero-order valence-corrected chi connectivity index (χ0v) is 18.5. The maximum Gasteiger partial charge on any atom is 0.410 e. The molecular formula is C23H25F4N3O3. The van der Waals surface area contributed by atoms with Crippen molar-refractivity contribution in [2.45, 2.75) is 57.7 Å². The van der Waals surface area contributed by atoms with Gasteiger partial charge >= 0.3 is 12.3 Å². The number of alkyl halides is 4. The number of carbonyl (C=O) groups excluding carboxylic acids is 2. The fourth-order valence-electron chi connectivity index (χ4n) is 3.73. The lowest BCUT2D eigenvalue weighted by molar-refractivity contribution is -0.140. The lowest BCUT2D eigenvalue weighted by atomic mass is 10.0. The molecular weight excluding hydrogens is 442 g/mol. The first kappa shape index (κ1) is 24.4. The lowest BCUT2D eigenvalue weighted by Crippen LogP contribution is -2.51. The first-order valence-electron chi connectivity index (χ1n) is 10.4. The number of halogens is 4. The summed E-state index contributed by atoms with van der Waals surface area (Å²) in [5, 5.41) is 3.50. The summed E-state index contributed by atoms with van der Waals surface area (Å²) in [6, 6.07) is 5.52. The van der Waals surface area contributed by atoms with Crippen molar-refractivity contribution in [3.8, 4) is 11.8 Å². The van der Waals surface area contributed by atoms with Crippen LogP contribution < -0.4 is 5.32 Å². The maximum atomic E-state index is 14.9. The average Bonchev–Trinajstić information content (AvgIpc) is 3.03. The molecule has 2 aromatic rings. The van der Waals surface area contributed by atoms with Gasteiger partial charge in [0.25, 0.3) is 0 Å². The Morgan fingerprint density at radius 1 is 1.30 bits per heavy atom. The number of nitrogens with zero attached hydrogens (tertiary/aromatic N) is 2.